The number of rotatable bonds is 4. The molecule has 18 heavy (non-hydrogen) atoms. The van der Waals surface area contributed by atoms with Crippen molar-refractivity contribution in [1.29, 1.82) is 5.26 Å². The van der Waals surface area contributed by atoms with Gasteiger partial charge in [-0.3, -0.25) is 0 Å². The molecule has 0 amide bonds. The molecular weight excluding hydrogens is 224 g/mol. The fourth-order valence-corrected chi connectivity index (χ4v) is 2.52. The second-order valence-electron chi connectivity index (χ2n) is 5.20. The van der Waals surface area contributed by atoms with Crippen LogP contribution in [-0.2, 0) is 6.54 Å². The van der Waals surface area contributed by atoms with Crippen molar-refractivity contribution in [3.63, 3.8) is 0 Å². The fraction of sp³-hybridized carbons (Fsp3) is 0.533. The Morgan fingerprint density at radius 1 is 1.17 bits per heavy atom. The van der Waals surface area contributed by atoms with Gasteiger partial charge >= 0.3 is 0 Å². The van der Waals surface area contributed by atoms with Crippen LogP contribution in [0.25, 0.3) is 0 Å². The standard InChI is InChI=1S/C15H20N2O/c16-10-13-4-6-14(7-5-13)11-17-12-15(18)8-2-1-3-9-15/h4-7,17-18H,1-3,8-9,11-12H2. The van der Waals surface area contributed by atoms with Gasteiger partial charge in [-0.15, -0.1) is 0 Å². The van der Waals surface area contributed by atoms with E-state index in [1.165, 1.54) is 6.42 Å². The van der Waals surface area contributed by atoms with Crippen LogP contribution in [0.4, 0.5) is 0 Å². The van der Waals surface area contributed by atoms with Crippen molar-refractivity contribution in [1.82, 2.24) is 5.32 Å². The summed E-state index contributed by atoms with van der Waals surface area (Å²) in [5.41, 5.74) is 1.32. The Morgan fingerprint density at radius 3 is 2.44 bits per heavy atom. The summed E-state index contributed by atoms with van der Waals surface area (Å²) in [4.78, 5) is 0. The minimum atomic E-state index is -0.509. The molecule has 0 aliphatic heterocycles. The number of hydrogen-bond acceptors (Lipinski definition) is 3. The molecule has 0 aromatic heterocycles. The third-order valence-corrected chi connectivity index (χ3v) is 3.65. The Bertz CT molecular complexity index is 413. The average molecular weight is 244 g/mol. The summed E-state index contributed by atoms with van der Waals surface area (Å²) in [5.74, 6) is 0. The van der Waals surface area contributed by atoms with E-state index in [-0.39, 0.29) is 0 Å². The predicted molar refractivity (Wildman–Crippen MR) is 70.9 cm³/mol. The van der Waals surface area contributed by atoms with Crippen molar-refractivity contribution in [2.75, 3.05) is 6.54 Å². The number of benzene rings is 1. The van der Waals surface area contributed by atoms with Crippen molar-refractivity contribution >= 4 is 0 Å². The van der Waals surface area contributed by atoms with Crippen LogP contribution < -0.4 is 5.32 Å². The first kappa shape index (κ1) is 13.1. The molecule has 1 saturated carbocycles. The van der Waals surface area contributed by atoms with E-state index in [0.717, 1.165) is 37.8 Å². The summed E-state index contributed by atoms with van der Waals surface area (Å²) in [5, 5.41) is 22.4. The highest BCUT2D eigenvalue weighted by Crippen LogP contribution is 2.27. The molecule has 3 heteroatoms. The van der Waals surface area contributed by atoms with Crippen molar-refractivity contribution in [2.45, 2.75) is 44.2 Å². The SMILES string of the molecule is N#Cc1ccc(CNCC2(O)CCCCC2)cc1. The number of hydrogen-bond donors (Lipinski definition) is 2. The molecule has 1 aliphatic rings. The molecule has 0 bridgehead atoms. The van der Waals surface area contributed by atoms with Crippen molar-refractivity contribution < 1.29 is 5.11 Å². The Morgan fingerprint density at radius 2 is 1.83 bits per heavy atom. The van der Waals surface area contributed by atoms with Gasteiger partial charge in [0.15, 0.2) is 0 Å². The van der Waals surface area contributed by atoms with Gasteiger partial charge in [0, 0.05) is 13.1 Å². The molecule has 3 nitrogen and oxygen atoms in total. The van der Waals surface area contributed by atoms with Crippen LogP contribution >= 0.6 is 0 Å². The summed E-state index contributed by atoms with van der Waals surface area (Å²) in [6.45, 7) is 1.40. The molecule has 96 valence electrons. The van der Waals surface area contributed by atoms with Crippen LogP contribution in [0.1, 0.15) is 43.2 Å². The van der Waals surface area contributed by atoms with Gasteiger partial charge < -0.3 is 10.4 Å². The molecule has 1 aromatic rings. The van der Waals surface area contributed by atoms with Crippen molar-refractivity contribution in [3.05, 3.63) is 35.4 Å². The summed E-state index contributed by atoms with van der Waals surface area (Å²) in [6, 6.07) is 9.67. The van der Waals surface area contributed by atoms with Gasteiger partial charge in [0.25, 0.3) is 0 Å². The fourth-order valence-electron chi connectivity index (χ4n) is 2.52. The lowest BCUT2D eigenvalue weighted by Crippen LogP contribution is -2.41. The largest absolute Gasteiger partial charge is 0.389 e. The highest BCUT2D eigenvalue weighted by molar-refractivity contribution is 5.31. The molecule has 0 heterocycles. The Hall–Kier alpha value is -1.37. The van der Waals surface area contributed by atoms with Crippen LogP contribution in [0.15, 0.2) is 24.3 Å². The topological polar surface area (TPSA) is 56.0 Å². The van der Waals surface area contributed by atoms with E-state index < -0.39 is 5.60 Å². The Balaban J connectivity index is 1.79. The monoisotopic (exact) mass is 244 g/mol. The summed E-state index contributed by atoms with van der Waals surface area (Å²) in [6.07, 6.45) is 5.34. The molecule has 2 N–H and O–H groups in total. The smallest absolute Gasteiger partial charge is 0.0991 e. The lowest BCUT2D eigenvalue weighted by atomic mass is 9.85. The second kappa shape index (κ2) is 5.99. The average Bonchev–Trinajstić information content (AvgIpc) is 2.40. The minimum Gasteiger partial charge on any atom is -0.389 e. The first-order valence-corrected chi connectivity index (χ1v) is 6.64. The van der Waals surface area contributed by atoms with Crippen molar-refractivity contribution in [3.8, 4) is 6.07 Å². The quantitative estimate of drug-likeness (QED) is 0.854. The highest BCUT2D eigenvalue weighted by Gasteiger charge is 2.28. The highest BCUT2D eigenvalue weighted by atomic mass is 16.3. The molecule has 0 unspecified atom stereocenters. The first-order valence-electron chi connectivity index (χ1n) is 6.64. The molecule has 1 aliphatic carbocycles. The minimum absolute atomic E-state index is 0.509. The molecule has 0 spiro atoms. The van der Waals surface area contributed by atoms with Crippen molar-refractivity contribution in [2.24, 2.45) is 0 Å². The van der Waals surface area contributed by atoms with Gasteiger partial charge in [0.05, 0.1) is 17.2 Å². The Kier molecular flexibility index (Phi) is 4.35. The molecule has 0 saturated heterocycles. The molecular formula is C15H20N2O. The molecule has 2 rings (SSSR count). The zero-order valence-corrected chi connectivity index (χ0v) is 10.7. The molecule has 1 fully saturated rings. The van der Waals surface area contributed by atoms with E-state index in [0.29, 0.717) is 12.1 Å². The van der Waals surface area contributed by atoms with E-state index in [1.54, 1.807) is 0 Å². The maximum absolute atomic E-state index is 10.3. The van der Waals surface area contributed by atoms with Crippen LogP contribution in [0.5, 0.6) is 0 Å². The molecule has 0 atom stereocenters. The second-order valence-corrected chi connectivity index (χ2v) is 5.20. The van der Waals surface area contributed by atoms with Gasteiger partial charge in [0.2, 0.25) is 0 Å². The normalized spacial score (nSPS) is 18.2. The van der Waals surface area contributed by atoms with Gasteiger partial charge in [-0.1, -0.05) is 31.4 Å². The first-order chi connectivity index (χ1) is 8.72. The number of aliphatic hydroxyl groups is 1. The number of nitrogens with zero attached hydrogens (tertiary/aromatic N) is 1. The third-order valence-electron chi connectivity index (χ3n) is 3.65. The maximum atomic E-state index is 10.3. The van der Waals surface area contributed by atoms with Crippen LogP contribution in [0, 0.1) is 11.3 Å². The van der Waals surface area contributed by atoms with Crippen LogP contribution in [-0.4, -0.2) is 17.3 Å². The van der Waals surface area contributed by atoms with E-state index in [4.69, 9.17) is 5.26 Å². The summed E-state index contributed by atoms with van der Waals surface area (Å²) >= 11 is 0. The van der Waals surface area contributed by atoms with E-state index in [1.807, 2.05) is 24.3 Å². The predicted octanol–water partition coefficient (Wildman–Crippen LogP) is 2.34. The van der Waals surface area contributed by atoms with Crippen LogP contribution in [0.2, 0.25) is 0 Å². The zero-order valence-electron chi connectivity index (χ0n) is 10.7. The lowest BCUT2D eigenvalue weighted by Gasteiger charge is -2.32. The van der Waals surface area contributed by atoms with E-state index in [2.05, 4.69) is 11.4 Å². The van der Waals surface area contributed by atoms with Gasteiger partial charge in [0.1, 0.15) is 0 Å². The number of nitrogens with one attached hydrogen (secondary N) is 1. The summed E-state index contributed by atoms with van der Waals surface area (Å²) < 4.78 is 0. The molecule has 1 aromatic carbocycles. The maximum Gasteiger partial charge on any atom is 0.0991 e. The Labute approximate surface area is 108 Å². The van der Waals surface area contributed by atoms with Gasteiger partial charge in [-0.05, 0) is 30.5 Å². The zero-order chi connectivity index (χ0) is 12.8. The van der Waals surface area contributed by atoms with Gasteiger partial charge in [-0.25, -0.2) is 0 Å². The molecule has 0 radical (unpaired) electrons. The van der Waals surface area contributed by atoms with E-state index >= 15 is 0 Å². The summed E-state index contributed by atoms with van der Waals surface area (Å²) in [7, 11) is 0. The third kappa shape index (κ3) is 3.56. The van der Waals surface area contributed by atoms with Gasteiger partial charge in [-0.2, -0.15) is 5.26 Å². The number of nitriles is 1. The van der Waals surface area contributed by atoms with Crippen LogP contribution in [0.3, 0.4) is 0 Å². The van der Waals surface area contributed by atoms with E-state index in [9.17, 15) is 5.11 Å². The lowest BCUT2D eigenvalue weighted by molar-refractivity contribution is 0.00468.